The zero-order chi connectivity index (χ0) is 13.1. The van der Waals surface area contributed by atoms with E-state index in [1.165, 1.54) is 6.07 Å². The van der Waals surface area contributed by atoms with Crippen LogP contribution in [0.1, 0.15) is 17.3 Å². The first-order chi connectivity index (χ1) is 8.56. The van der Waals surface area contributed by atoms with E-state index in [0.29, 0.717) is 10.9 Å². The van der Waals surface area contributed by atoms with Gasteiger partial charge < -0.3 is 5.73 Å². The molecule has 0 fully saturated rings. The lowest BCUT2D eigenvalue weighted by Crippen LogP contribution is -2.14. The third-order valence-corrected chi connectivity index (χ3v) is 3.65. The minimum Gasteiger partial charge on any atom is -0.322 e. The zero-order valence-corrected chi connectivity index (χ0v) is 12.6. The van der Waals surface area contributed by atoms with Gasteiger partial charge in [0.1, 0.15) is 5.82 Å². The molecular weight excluding hydrogens is 363 g/mol. The zero-order valence-electron chi connectivity index (χ0n) is 9.41. The highest BCUT2D eigenvalue weighted by molar-refractivity contribution is 9.10. The van der Waals surface area contributed by atoms with Crippen LogP contribution < -0.4 is 5.73 Å². The fraction of sp³-hybridized carbons (Fsp3) is 0.154. The molecule has 2 nitrogen and oxygen atoms in total. The number of nitrogens with zero attached hydrogens (tertiary/aromatic N) is 1. The summed E-state index contributed by atoms with van der Waals surface area (Å²) >= 11 is 6.49. The Hall–Kier alpha value is -0.780. The molecule has 0 aliphatic carbocycles. The number of nitrogens with two attached hydrogens (primary N) is 1. The van der Waals surface area contributed by atoms with Crippen molar-refractivity contribution in [2.24, 2.45) is 5.73 Å². The first-order valence-electron chi connectivity index (χ1n) is 5.37. The third kappa shape index (κ3) is 3.37. The highest BCUT2D eigenvalue weighted by Crippen LogP contribution is 2.21. The molecule has 1 atom stereocenters. The largest absolute Gasteiger partial charge is 0.322 e. The van der Waals surface area contributed by atoms with Crippen LogP contribution in [0.25, 0.3) is 0 Å². The van der Waals surface area contributed by atoms with Crippen molar-refractivity contribution in [2.75, 3.05) is 0 Å². The molecule has 2 N–H and O–H groups in total. The van der Waals surface area contributed by atoms with Crippen molar-refractivity contribution in [1.82, 2.24) is 4.98 Å². The molecule has 5 heteroatoms. The van der Waals surface area contributed by atoms with Crippen molar-refractivity contribution in [3.63, 3.8) is 0 Å². The van der Waals surface area contributed by atoms with Gasteiger partial charge >= 0.3 is 0 Å². The van der Waals surface area contributed by atoms with Crippen LogP contribution in [-0.2, 0) is 6.42 Å². The average Bonchev–Trinajstić information content (AvgIpc) is 2.34. The van der Waals surface area contributed by atoms with Crippen LogP contribution >= 0.6 is 31.9 Å². The van der Waals surface area contributed by atoms with Crippen LogP contribution in [0.15, 0.2) is 45.5 Å². The highest BCUT2D eigenvalue weighted by Gasteiger charge is 2.09. The quantitative estimate of drug-likeness (QED) is 0.883. The summed E-state index contributed by atoms with van der Waals surface area (Å²) in [7, 11) is 0. The van der Waals surface area contributed by atoms with Crippen LogP contribution in [0.2, 0.25) is 0 Å². The molecule has 0 bridgehead atoms. The first kappa shape index (κ1) is 13.6. The smallest absolute Gasteiger partial charge is 0.137 e. The predicted molar refractivity (Wildman–Crippen MR) is 76.7 cm³/mol. The summed E-state index contributed by atoms with van der Waals surface area (Å²) in [6.07, 6.45) is 2.34. The summed E-state index contributed by atoms with van der Waals surface area (Å²) in [5.41, 5.74) is 7.87. The number of hydrogen-bond donors (Lipinski definition) is 1. The molecule has 1 aromatic heterocycles. The van der Waals surface area contributed by atoms with Gasteiger partial charge in [-0.05, 0) is 68.1 Å². The van der Waals surface area contributed by atoms with Crippen LogP contribution in [0.4, 0.5) is 4.39 Å². The van der Waals surface area contributed by atoms with Crippen LogP contribution in [-0.4, -0.2) is 4.98 Å². The summed E-state index contributed by atoms with van der Waals surface area (Å²) in [5, 5.41) is 0. The Morgan fingerprint density at radius 3 is 2.61 bits per heavy atom. The number of pyridine rings is 1. The maximum absolute atomic E-state index is 13.1. The third-order valence-electron chi connectivity index (χ3n) is 2.57. The van der Waals surface area contributed by atoms with Gasteiger partial charge in [-0.3, -0.25) is 4.98 Å². The lowest BCUT2D eigenvalue weighted by molar-refractivity contribution is 0.618. The summed E-state index contributed by atoms with van der Waals surface area (Å²) in [6, 6.07) is 8.50. The van der Waals surface area contributed by atoms with Gasteiger partial charge in [0.15, 0.2) is 0 Å². The summed E-state index contributed by atoms with van der Waals surface area (Å²) in [4.78, 5) is 4.26. The lowest BCUT2D eigenvalue weighted by atomic mass is 10.0. The maximum atomic E-state index is 13.1. The minimum atomic E-state index is -0.269. The number of benzene rings is 1. The Morgan fingerprint density at radius 2 is 2.00 bits per heavy atom. The average molecular weight is 374 g/mol. The van der Waals surface area contributed by atoms with Crippen molar-refractivity contribution >= 4 is 31.9 Å². The normalized spacial score (nSPS) is 12.4. The van der Waals surface area contributed by atoms with Gasteiger partial charge in [0.05, 0.1) is 16.2 Å². The molecule has 1 unspecified atom stereocenters. The van der Waals surface area contributed by atoms with Gasteiger partial charge in [0, 0.05) is 10.7 Å². The maximum Gasteiger partial charge on any atom is 0.137 e. The molecule has 0 saturated heterocycles. The topological polar surface area (TPSA) is 38.9 Å². The Balaban J connectivity index is 2.13. The summed E-state index contributed by atoms with van der Waals surface area (Å²) < 4.78 is 14.5. The van der Waals surface area contributed by atoms with E-state index in [2.05, 4.69) is 36.8 Å². The van der Waals surface area contributed by atoms with Crippen molar-refractivity contribution in [3.8, 4) is 0 Å². The fourth-order valence-electron chi connectivity index (χ4n) is 1.63. The van der Waals surface area contributed by atoms with Gasteiger partial charge in [0.2, 0.25) is 0 Å². The van der Waals surface area contributed by atoms with Crippen LogP contribution in [0.3, 0.4) is 0 Å². The van der Waals surface area contributed by atoms with Crippen molar-refractivity contribution < 1.29 is 4.39 Å². The van der Waals surface area contributed by atoms with Crippen molar-refractivity contribution in [2.45, 2.75) is 12.5 Å². The van der Waals surface area contributed by atoms with Gasteiger partial charge in [-0.2, -0.15) is 0 Å². The van der Waals surface area contributed by atoms with E-state index in [1.54, 1.807) is 18.3 Å². The van der Waals surface area contributed by atoms with E-state index in [9.17, 15) is 4.39 Å². The number of halogens is 3. The molecule has 1 heterocycles. The van der Waals surface area contributed by atoms with E-state index in [1.807, 2.05) is 12.1 Å². The number of aromatic nitrogens is 1. The molecule has 0 aliphatic heterocycles. The highest BCUT2D eigenvalue weighted by atomic mass is 79.9. The number of hydrogen-bond acceptors (Lipinski definition) is 2. The monoisotopic (exact) mass is 372 g/mol. The Bertz CT molecular complexity index is 543. The lowest BCUT2D eigenvalue weighted by Gasteiger charge is -2.11. The van der Waals surface area contributed by atoms with E-state index in [-0.39, 0.29) is 11.9 Å². The molecule has 0 spiro atoms. The first-order valence-corrected chi connectivity index (χ1v) is 6.96. The fourth-order valence-corrected chi connectivity index (χ4v) is 2.29. The molecule has 0 radical (unpaired) electrons. The molecule has 2 aromatic rings. The Morgan fingerprint density at radius 1 is 1.22 bits per heavy atom. The second-order valence-corrected chi connectivity index (χ2v) is 5.73. The van der Waals surface area contributed by atoms with Crippen molar-refractivity contribution in [3.05, 3.63) is 62.5 Å². The van der Waals surface area contributed by atoms with E-state index >= 15 is 0 Å². The van der Waals surface area contributed by atoms with Gasteiger partial charge in [-0.1, -0.05) is 6.07 Å². The Kier molecular flexibility index (Phi) is 4.48. The second kappa shape index (κ2) is 5.91. The van der Waals surface area contributed by atoms with Crippen LogP contribution in [0.5, 0.6) is 0 Å². The minimum absolute atomic E-state index is 0.199. The van der Waals surface area contributed by atoms with E-state index in [0.717, 1.165) is 15.7 Å². The van der Waals surface area contributed by atoms with Gasteiger partial charge in [-0.25, -0.2) is 4.39 Å². The summed E-state index contributed by atoms with van der Waals surface area (Å²) in [6.45, 7) is 0. The SMILES string of the molecule is NC(Cc1ccc(F)c(Br)c1)c1ccc(Br)cn1. The van der Waals surface area contributed by atoms with Gasteiger partial charge in [0.25, 0.3) is 0 Å². The molecule has 2 rings (SSSR count). The predicted octanol–water partition coefficient (Wildman–Crippen LogP) is 3.99. The molecule has 0 saturated carbocycles. The molecule has 1 aromatic carbocycles. The van der Waals surface area contributed by atoms with E-state index < -0.39 is 0 Å². The van der Waals surface area contributed by atoms with Crippen LogP contribution in [0, 0.1) is 5.82 Å². The summed E-state index contributed by atoms with van der Waals surface area (Å²) in [5.74, 6) is -0.269. The molecule has 0 amide bonds. The second-order valence-electron chi connectivity index (χ2n) is 3.96. The molecular formula is C13H11Br2FN2. The molecule has 94 valence electrons. The molecule has 0 aliphatic rings. The van der Waals surface area contributed by atoms with Crippen molar-refractivity contribution in [1.29, 1.82) is 0 Å². The van der Waals surface area contributed by atoms with Gasteiger partial charge in [-0.15, -0.1) is 0 Å². The standard InChI is InChI=1S/C13H11Br2FN2/c14-9-2-4-13(18-7-9)12(17)6-8-1-3-11(16)10(15)5-8/h1-5,7,12H,6,17H2. The van der Waals surface area contributed by atoms with E-state index in [4.69, 9.17) is 5.73 Å². The Labute approximate surface area is 122 Å². The number of rotatable bonds is 3. The molecule has 18 heavy (non-hydrogen) atoms.